The molecular formula is C23H30Cl2N2SiTi. The van der Waals surface area contributed by atoms with E-state index in [1.165, 1.54) is 29.4 Å². The molecule has 2 aromatic carbocycles. The second-order valence-corrected chi connectivity index (χ2v) is 14.9. The van der Waals surface area contributed by atoms with E-state index in [0.29, 0.717) is 5.54 Å². The number of aromatic nitrogens is 1. The Hall–Kier alpha value is -0.549. The predicted molar refractivity (Wildman–Crippen MR) is 115 cm³/mol. The molecule has 0 spiro atoms. The number of para-hydroxylation sites is 2. The van der Waals surface area contributed by atoms with Crippen molar-refractivity contribution in [1.82, 2.24) is 7.61 Å². The molecule has 2 nitrogen and oxygen atoms in total. The van der Waals surface area contributed by atoms with Crippen LogP contribution >= 0.6 is 0 Å². The first-order valence-electron chi connectivity index (χ1n) is 10.1. The van der Waals surface area contributed by atoms with Gasteiger partial charge in [0.1, 0.15) is 0 Å². The number of fused-ring (bicyclic) bond motifs is 3. The predicted octanol–water partition coefficient (Wildman–Crippen LogP) is -0.393. The Kier molecular flexibility index (Phi) is 8.29. The molecule has 3 aromatic rings. The maximum atomic E-state index is 2.93. The molecule has 0 aliphatic heterocycles. The van der Waals surface area contributed by atoms with E-state index in [1.54, 1.807) is 11.3 Å². The number of nitrogens with zero attached hydrogens (tertiary/aromatic N) is 2. The zero-order valence-corrected chi connectivity index (χ0v) is 22.1. The number of hydrogen-bond donors (Lipinski definition) is 0. The standard InChI is InChI=1S/C17H14N.C6H16NSi.2ClH.Ti/c1-2-7-13(8-3-1)18-16-11-5-4-9-14(16)15-10-6-12-17(15)18;1-6(2,3)7-8(4)5;;;/h1-9,11H,10,12H2;8H,1-5H3;2*1H;/q;-1;;;+3/p-2. The van der Waals surface area contributed by atoms with E-state index in [9.17, 15) is 0 Å². The largest absolute Gasteiger partial charge is 1.00 e. The molecule has 1 atom stereocenters. The average Bonchev–Trinajstić information content (AvgIpc) is 3.15. The summed E-state index contributed by atoms with van der Waals surface area (Å²) in [5.41, 5.74) is 6.18. The molecule has 0 N–H and O–H groups in total. The van der Waals surface area contributed by atoms with Gasteiger partial charge in [-0.1, -0.05) is 0 Å². The van der Waals surface area contributed by atoms with E-state index in [-0.39, 0.29) is 44.2 Å². The van der Waals surface area contributed by atoms with E-state index < -0.39 is 8.96 Å². The van der Waals surface area contributed by atoms with Crippen LogP contribution in [-0.2, 0) is 32.3 Å². The van der Waals surface area contributed by atoms with E-state index in [1.807, 2.05) is 0 Å². The minimum atomic E-state index is -0.784. The molecule has 0 fully saturated rings. The Morgan fingerprint density at radius 2 is 1.55 bits per heavy atom. The van der Waals surface area contributed by atoms with Gasteiger partial charge in [0, 0.05) is 0 Å². The molecular weight excluding hydrogens is 451 g/mol. The molecule has 0 amide bonds. The Morgan fingerprint density at radius 3 is 2.17 bits per heavy atom. The Balaban J connectivity index is 0.00000150. The monoisotopic (exact) mass is 480 g/mol. The minimum absolute atomic E-state index is 0. The molecule has 1 aromatic heterocycles. The van der Waals surface area contributed by atoms with Crippen molar-refractivity contribution in [2.24, 2.45) is 0 Å². The summed E-state index contributed by atoms with van der Waals surface area (Å²) in [5.74, 6) is 0. The van der Waals surface area contributed by atoms with Crippen molar-refractivity contribution < 1.29 is 44.2 Å². The van der Waals surface area contributed by atoms with Crippen molar-refractivity contribution in [3.8, 4) is 5.69 Å². The first kappa shape index (κ1) is 24.7. The number of benzene rings is 2. The Bertz CT molecular complexity index is 951. The van der Waals surface area contributed by atoms with Gasteiger partial charge in [-0.2, -0.15) is 0 Å². The molecule has 1 heterocycles. The van der Waals surface area contributed by atoms with Crippen molar-refractivity contribution in [2.45, 2.75) is 56.5 Å². The summed E-state index contributed by atoms with van der Waals surface area (Å²) in [7, 11) is -0.784. The van der Waals surface area contributed by atoms with E-state index >= 15 is 0 Å². The Morgan fingerprint density at radius 1 is 0.931 bits per heavy atom. The quantitative estimate of drug-likeness (QED) is 0.461. The van der Waals surface area contributed by atoms with Crippen LogP contribution in [0.5, 0.6) is 0 Å². The summed E-state index contributed by atoms with van der Waals surface area (Å²) >= 11 is -0.116. The van der Waals surface area contributed by atoms with Crippen molar-refractivity contribution in [3.05, 3.63) is 65.9 Å². The van der Waals surface area contributed by atoms with Crippen LogP contribution in [0.3, 0.4) is 0 Å². The fourth-order valence-corrected chi connectivity index (χ4v) is 10.9. The summed E-state index contributed by atoms with van der Waals surface area (Å²) in [6.07, 6.45) is 2.51. The average molecular weight is 481 g/mol. The van der Waals surface area contributed by atoms with Crippen LogP contribution in [-0.4, -0.2) is 22.1 Å². The third kappa shape index (κ3) is 4.87. The SMILES string of the molecule is C[SiH](C)[N]([Ti+2][CH]1Cc2c(n(-c3ccccc3)c3ccccc23)C1)C(C)(C)C.[Cl-].[Cl-]. The molecule has 0 saturated heterocycles. The minimum Gasteiger partial charge on any atom is -1.00 e. The van der Waals surface area contributed by atoms with Gasteiger partial charge in [-0.15, -0.1) is 0 Å². The van der Waals surface area contributed by atoms with Crippen molar-refractivity contribution >= 4 is 19.9 Å². The third-order valence-electron chi connectivity index (χ3n) is 5.55. The molecule has 1 aliphatic carbocycles. The van der Waals surface area contributed by atoms with E-state index in [4.69, 9.17) is 0 Å². The summed E-state index contributed by atoms with van der Waals surface area (Å²) in [6, 6.07) is 19.9. The van der Waals surface area contributed by atoms with E-state index in [2.05, 4.69) is 96.1 Å². The molecule has 0 saturated carbocycles. The van der Waals surface area contributed by atoms with Crippen LogP contribution in [0, 0.1) is 0 Å². The van der Waals surface area contributed by atoms with Crippen LogP contribution in [0.1, 0.15) is 32.0 Å². The van der Waals surface area contributed by atoms with Crippen molar-refractivity contribution in [1.29, 1.82) is 0 Å². The second kappa shape index (κ2) is 9.72. The van der Waals surface area contributed by atoms with Crippen molar-refractivity contribution in [3.63, 3.8) is 0 Å². The van der Waals surface area contributed by atoms with E-state index in [0.717, 1.165) is 4.22 Å². The third-order valence-corrected chi connectivity index (χ3v) is 13.1. The summed E-state index contributed by atoms with van der Waals surface area (Å²) in [4.78, 5) is 0. The van der Waals surface area contributed by atoms with Gasteiger partial charge in [0.25, 0.3) is 0 Å². The summed E-state index contributed by atoms with van der Waals surface area (Å²) in [5, 5.41) is 1.47. The molecule has 1 unspecified atom stereocenters. The molecule has 0 bridgehead atoms. The van der Waals surface area contributed by atoms with Gasteiger partial charge in [0.05, 0.1) is 0 Å². The number of hydrogen-bond acceptors (Lipinski definition) is 1. The zero-order valence-electron chi connectivity index (χ0n) is 17.9. The molecule has 4 rings (SSSR count). The maximum Gasteiger partial charge on any atom is -1.00 e. The topological polar surface area (TPSA) is 8.17 Å². The van der Waals surface area contributed by atoms with Crippen LogP contribution in [0.4, 0.5) is 0 Å². The van der Waals surface area contributed by atoms with Gasteiger partial charge < -0.3 is 24.8 Å². The molecule has 0 radical (unpaired) electrons. The molecule has 154 valence electrons. The number of rotatable bonds is 4. The Labute approximate surface area is 198 Å². The van der Waals surface area contributed by atoms with Crippen LogP contribution in [0.25, 0.3) is 16.6 Å². The van der Waals surface area contributed by atoms with Gasteiger partial charge in [-0.25, -0.2) is 0 Å². The first-order chi connectivity index (χ1) is 12.9. The van der Waals surface area contributed by atoms with Gasteiger partial charge in [0.2, 0.25) is 0 Å². The first-order valence-corrected chi connectivity index (χ1v) is 14.5. The van der Waals surface area contributed by atoms with Crippen LogP contribution < -0.4 is 24.8 Å². The maximum absolute atomic E-state index is 2.93. The van der Waals surface area contributed by atoms with Crippen molar-refractivity contribution in [2.75, 3.05) is 0 Å². The van der Waals surface area contributed by atoms with Gasteiger partial charge >= 0.3 is 175 Å². The smallest absolute Gasteiger partial charge is 1.00 e. The summed E-state index contributed by atoms with van der Waals surface area (Å²) < 4.78 is 6.31. The summed E-state index contributed by atoms with van der Waals surface area (Å²) in [6.45, 7) is 12.2. The molecule has 29 heavy (non-hydrogen) atoms. The van der Waals surface area contributed by atoms with Gasteiger partial charge in [-0.05, 0) is 0 Å². The van der Waals surface area contributed by atoms with Gasteiger partial charge in [-0.3, -0.25) is 0 Å². The number of halogens is 2. The van der Waals surface area contributed by atoms with Crippen LogP contribution in [0.2, 0.25) is 17.3 Å². The van der Waals surface area contributed by atoms with Gasteiger partial charge in [0.15, 0.2) is 0 Å². The van der Waals surface area contributed by atoms with Crippen LogP contribution in [0.15, 0.2) is 54.6 Å². The zero-order chi connectivity index (χ0) is 19.2. The fraction of sp³-hybridized carbons (Fsp3) is 0.391. The molecule has 6 heteroatoms. The fourth-order valence-electron chi connectivity index (χ4n) is 4.63. The molecule has 1 aliphatic rings. The second-order valence-electron chi connectivity index (χ2n) is 8.98. The normalized spacial score (nSPS) is 15.8.